The lowest BCUT2D eigenvalue weighted by Gasteiger charge is -2.25. The van der Waals surface area contributed by atoms with Crippen LogP contribution in [0.15, 0.2) is 10.7 Å². The predicted molar refractivity (Wildman–Crippen MR) is 80.3 cm³/mol. The minimum absolute atomic E-state index is 0.0440. The maximum Gasteiger partial charge on any atom is 0.328 e. The highest BCUT2D eigenvalue weighted by atomic mass is 79.9. The van der Waals surface area contributed by atoms with Gasteiger partial charge in [0.1, 0.15) is 18.1 Å². The number of carbonyl (C=O) groups excluding carboxylic acids is 1. The van der Waals surface area contributed by atoms with Crippen molar-refractivity contribution < 1.29 is 14.5 Å². The SMILES string of the molecule is CCOC(=O)C1CCCN1c1ncc([N+](=O)[O-])c(C)c1Br. The molecule has 0 saturated carbocycles. The van der Waals surface area contributed by atoms with Crippen LogP contribution < -0.4 is 4.90 Å². The molecule has 0 spiro atoms. The number of carbonyl (C=O) groups is 1. The molecule has 0 amide bonds. The number of nitro groups is 1. The highest BCUT2D eigenvalue weighted by molar-refractivity contribution is 9.10. The highest BCUT2D eigenvalue weighted by Gasteiger charge is 2.34. The number of hydrogen-bond acceptors (Lipinski definition) is 6. The third kappa shape index (κ3) is 2.99. The van der Waals surface area contributed by atoms with E-state index in [0.29, 0.717) is 35.4 Å². The molecule has 0 aliphatic carbocycles. The van der Waals surface area contributed by atoms with Crippen molar-refractivity contribution in [3.8, 4) is 0 Å². The summed E-state index contributed by atoms with van der Waals surface area (Å²) in [7, 11) is 0. The topological polar surface area (TPSA) is 85.6 Å². The molecule has 1 saturated heterocycles. The summed E-state index contributed by atoms with van der Waals surface area (Å²) in [5.74, 6) is 0.272. The lowest BCUT2D eigenvalue weighted by Crippen LogP contribution is -2.38. The summed E-state index contributed by atoms with van der Waals surface area (Å²) in [6.45, 7) is 4.42. The fourth-order valence-corrected chi connectivity index (χ4v) is 2.98. The second kappa shape index (κ2) is 6.38. The molecule has 2 heterocycles. The molecule has 0 aromatic carbocycles. The summed E-state index contributed by atoms with van der Waals surface area (Å²) >= 11 is 3.36. The first-order valence-corrected chi connectivity index (χ1v) is 7.49. The summed E-state index contributed by atoms with van der Waals surface area (Å²) in [6, 6.07) is -0.380. The van der Waals surface area contributed by atoms with Crippen molar-refractivity contribution in [1.82, 2.24) is 4.98 Å². The van der Waals surface area contributed by atoms with Crippen molar-refractivity contribution in [2.45, 2.75) is 32.7 Å². The molecule has 1 aliphatic heterocycles. The molecule has 1 fully saturated rings. The second-order valence-electron chi connectivity index (χ2n) is 4.77. The molecule has 114 valence electrons. The molecule has 0 N–H and O–H groups in total. The first kappa shape index (κ1) is 15.7. The Labute approximate surface area is 130 Å². The third-order valence-electron chi connectivity index (χ3n) is 3.50. The number of anilines is 1. The standard InChI is InChI=1S/C13H16BrN3O4/c1-3-21-13(18)9-5-4-6-16(9)12-11(14)8(2)10(7-15-12)17(19)20/h7,9H,3-6H2,1-2H3. The summed E-state index contributed by atoms with van der Waals surface area (Å²) in [4.78, 5) is 28.4. The molecule has 1 aliphatic rings. The van der Waals surface area contributed by atoms with E-state index in [1.165, 1.54) is 6.20 Å². The van der Waals surface area contributed by atoms with Gasteiger partial charge in [-0.25, -0.2) is 9.78 Å². The Bertz CT molecular complexity index is 579. The van der Waals surface area contributed by atoms with Crippen LogP contribution in [0.3, 0.4) is 0 Å². The minimum Gasteiger partial charge on any atom is -0.464 e. The van der Waals surface area contributed by atoms with Gasteiger partial charge >= 0.3 is 5.97 Å². The summed E-state index contributed by atoms with van der Waals surface area (Å²) < 4.78 is 5.63. The number of esters is 1. The van der Waals surface area contributed by atoms with Gasteiger partial charge in [-0.2, -0.15) is 0 Å². The average molecular weight is 358 g/mol. The molecule has 0 bridgehead atoms. The molecule has 2 rings (SSSR count). The van der Waals surface area contributed by atoms with Crippen LogP contribution in [-0.2, 0) is 9.53 Å². The highest BCUT2D eigenvalue weighted by Crippen LogP contribution is 2.36. The third-order valence-corrected chi connectivity index (χ3v) is 4.45. The Kier molecular flexibility index (Phi) is 4.76. The fourth-order valence-electron chi connectivity index (χ4n) is 2.44. The molecule has 1 aromatic rings. The lowest BCUT2D eigenvalue weighted by molar-refractivity contribution is -0.385. The zero-order valence-electron chi connectivity index (χ0n) is 11.8. The Hall–Kier alpha value is -1.70. The molecule has 1 aromatic heterocycles. The van der Waals surface area contributed by atoms with Gasteiger partial charge in [0.25, 0.3) is 5.69 Å². The Morgan fingerprint density at radius 1 is 1.67 bits per heavy atom. The van der Waals surface area contributed by atoms with Gasteiger partial charge in [-0.05, 0) is 42.6 Å². The number of ether oxygens (including phenoxy) is 1. The van der Waals surface area contributed by atoms with Crippen molar-refractivity contribution in [2.75, 3.05) is 18.1 Å². The van der Waals surface area contributed by atoms with E-state index < -0.39 is 4.92 Å². The number of nitrogens with zero attached hydrogens (tertiary/aromatic N) is 3. The van der Waals surface area contributed by atoms with Gasteiger partial charge in [0.05, 0.1) is 16.0 Å². The quantitative estimate of drug-likeness (QED) is 0.467. The van der Waals surface area contributed by atoms with Crippen molar-refractivity contribution >= 4 is 33.4 Å². The number of aromatic nitrogens is 1. The van der Waals surface area contributed by atoms with E-state index in [4.69, 9.17) is 4.74 Å². The van der Waals surface area contributed by atoms with Crippen LogP contribution in [0.5, 0.6) is 0 Å². The van der Waals surface area contributed by atoms with Gasteiger partial charge in [-0.3, -0.25) is 10.1 Å². The normalized spacial score (nSPS) is 17.9. The van der Waals surface area contributed by atoms with Gasteiger partial charge in [-0.1, -0.05) is 0 Å². The molecule has 0 radical (unpaired) electrons. The largest absolute Gasteiger partial charge is 0.464 e. The second-order valence-corrected chi connectivity index (χ2v) is 5.56. The molecule has 1 unspecified atom stereocenters. The Morgan fingerprint density at radius 2 is 2.38 bits per heavy atom. The summed E-state index contributed by atoms with van der Waals surface area (Å²) in [6.07, 6.45) is 2.78. The van der Waals surface area contributed by atoms with E-state index in [9.17, 15) is 14.9 Å². The van der Waals surface area contributed by atoms with Crippen LogP contribution in [0, 0.1) is 17.0 Å². The molecule has 7 nitrogen and oxygen atoms in total. The van der Waals surface area contributed by atoms with Crippen LogP contribution in [-0.4, -0.2) is 35.1 Å². The number of pyridine rings is 1. The van der Waals surface area contributed by atoms with Gasteiger partial charge < -0.3 is 9.64 Å². The van der Waals surface area contributed by atoms with E-state index in [-0.39, 0.29) is 17.7 Å². The number of hydrogen-bond donors (Lipinski definition) is 0. The molecular formula is C13H16BrN3O4. The zero-order chi connectivity index (χ0) is 15.6. The predicted octanol–water partition coefficient (Wildman–Crippen LogP) is 2.59. The summed E-state index contributed by atoms with van der Waals surface area (Å²) in [5.41, 5.74) is 0.456. The smallest absolute Gasteiger partial charge is 0.328 e. The molecule has 8 heteroatoms. The van der Waals surface area contributed by atoms with Gasteiger partial charge in [-0.15, -0.1) is 0 Å². The number of halogens is 1. The van der Waals surface area contributed by atoms with E-state index in [2.05, 4.69) is 20.9 Å². The lowest BCUT2D eigenvalue weighted by atomic mass is 10.2. The van der Waals surface area contributed by atoms with Crippen molar-refractivity contribution in [1.29, 1.82) is 0 Å². The maximum atomic E-state index is 12.0. The zero-order valence-corrected chi connectivity index (χ0v) is 13.4. The van der Waals surface area contributed by atoms with Crippen molar-refractivity contribution in [3.05, 3.63) is 26.3 Å². The van der Waals surface area contributed by atoms with E-state index in [0.717, 1.165) is 6.42 Å². The first-order chi connectivity index (χ1) is 9.97. The summed E-state index contributed by atoms with van der Waals surface area (Å²) in [5, 5.41) is 10.9. The van der Waals surface area contributed by atoms with E-state index in [1.807, 2.05) is 4.90 Å². The van der Waals surface area contributed by atoms with Crippen molar-refractivity contribution in [2.24, 2.45) is 0 Å². The van der Waals surface area contributed by atoms with Crippen molar-refractivity contribution in [3.63, 3.8) is 0 Å². The maximum absolute atomic E-state index is 12.0. The van der Waals surface area contributed by atoms with Gasteiger partial charge in [0.2, 0.25) is 0 Å². The first-order valence-electron chi connectivity index (χ1n) is 6.70. The molecule has 1 atom stereocenters. The Balaban J connectivity index is 2.35. The number of rotatable bonds is 4. The fraction of sp³-hybridized carbons (Fsp3) is 0.538. The van der Waals surface area contributed by atoms with Crippen LogP contribution >= 0.6 is 15.9 Å². The Morgan fingerprint density at radius 3 is 3.00 bits per heavy atom. The van der Waals surface area contributed by atoms with Gasteiger partial charge in [0, 0.05) is 12.1 Å². The molecular weight excluding hydrogens is 342 g/mol. The van der Waals surface area contributed by atoms with Crippen LogP contribution in [0.25, 0.3) is 0 Å². The molecule has 21 heavy (non-hydrogen) atoms. The average Bonchev–Trinajstić information content (AvgIpc) is 2.90. The van der Waals surface area contributed by atoms with Crippen LogP contribution in [0.1, 0.15) is 25.3 Å². The van der Waals surface area contributed by atoms with Crippen LogP contribution in [0.4, 0.5) is 11.5 Å². The van der Waals surface area contributed by atoms with E-state index >= 15 is 0 Å². The van der Waals surface area contributed by atoms with Gasteiger partial charge in [0.15, 0.2) is 0 Å². The van der Waals surface area contributed by atoms with Crippen LogP contribution in [0.2, 0.25) is 0 Å². The monoisotopic (exact) mass is 357 g/mol. The minimum atomic E-state index is -0.469. The van der Waals surface area contributed by atoms with E-state index in [1.54, 1.807) is 13.8 Å².